The highest BCUT2D eigenvalue weighted by Gasteiger charge is 2.51. The van der Waals surface area contributed by atoms with E-state index in [1.165, 1.54) is 0 Å². The minimum Gasteiger partial charge on any atom is -0.399 e. The van der Waals surface area contributed by atoms with E-state index in [9.17, 15) is 0 Å². The third-order valence-corrected chi connectivity index (χ3v) is 7.57. The van der Waals surface area contributed by atoms with Gasteiger partial charge in [-0.1, -0.05) is 42.5 Å². The molecule has 0 N–H and O–H groups in total. The van der Waals surface area contributed by atoms with Gasteiger partial charge >= 0.3 is 7.12 Å². The zero-order valence-corrected chi connectivity index (χ0v) is 19.7. The third kappa shape index (κ3) is 2.64. The quantitative estimate of drug-likeness (QED) is 0.187. The van der Waals surface area contributed by atoms with Crippen molar-refractivity contribution in [1.82, 2.24) is 14.4 Å². The van der Waals surface area contributed by atoms with Crippen LogP contribution in [0.2, 0.25) is 0 Å². The summed E-state index contributed by atoms with van der Waals surface area (Å²) in [6.07, 6.45) is 0. The van der Waals surface area contributed by atoms with Crippen molar-refractivity contribution in [1.29, 1.82) is 0 Å². The molecule has 0 radical (unpaired) electrons. The highest BCUT2D eigenvalue weighted by Crippen LogP contribution is 2.37. The lowest BCUT2D eigenvalue weighted by Crippen LogP contribution is -2.41. The molecule has 166 valence electrons. The summed E-state index contributed by atoms with van der Waals surface area (Å²) in [4.78, 5) is 10.1. The van der Waals surface area contributed by atoms with Crippen LogP contribution in [-0.4, -0.2) is 32.7 Å². The van der Waals surface area contributed by atoms with Crippen LogP contribution in [0.1, 0.15) is 27.7 Å². The maximum Gasteiger partial charge on any atom is 0.494 e. The van der Waals surface area contributed by atoms with Crippen molar-refractivity contribution in [3.8, 4) is 0 Å². The van der Waals surface area contributed by atoms with Gasteiger partial charge in [0.1, 0.15) is 5.52 Å². The van der Waals surface area contributed by atoms with Gasteiger partial charge in [-0.25, -0.2) is 9.97 Å². The van der Waals surface area contributed by atoms with Crippen LogP contribution in [0.25, 0.3) is 49.4 Å². The van der Waals surface area contributed by atoms with Crippen LogP contribution >= 0.6 is 0 Å². The first kappa shape index (κ1) is 19.9. The molecule has 7 rings (SSSR count). The van der Waals surface area contributed by atoms with E-state index in [4.69, 9.17) is 19.3 Å². The Hall–Kier alpha value is -3.48. The van der Waals surface area contributed by atoms with E-state index in [-0.39, 0.29) is 0 Å². The summed E-state index contributed by atoms with van der Waals surface area (Å²) in [6, 6.07) is 25.2. The molecule has 6 aromatic rings. The number of nitrogens with zero attached hydrogens (tertiary/aromatic N) is 3. The Bertz CT molecular complexity index is 1770. The standard InChI is InChI=1S/C28H24BN3O2/c1-27(2)28(3,4)34-29(33-27)18-13-14-23-19(16-18)20-15-17-9-5-6-10-21(17)30-25(20)26-31-22-11-7-8-12-24(22)32(23)26/h5-16H,1-4H3. The Morgan fingerprint density at radius 2 is 1.41 bits per heavy atom. The number of fused-ring (bicyclic) bond motifs is 9. The molecule has 0 amide bonds. The number of para-hydroxylation sites is 3. The SMILES string of the molecule is CC1(C)OB(c2ccc3c(c2)c2cc4ccccc4nc2c2nc4ccccc4n32)OC1(C)C. The van der Waals surface area contributed by atoms with Crippen LogP contribution < -0.4 is 5.46 Å². The number of rotatable bonds is 1. The van der Waals surface area contributed by atoms with Crippen LogP contribution in [-0.2, 0) is 9.31 Å². The molecule has 0 atom stereocenters. The molecule has 0 aliphatic carbocycles. The van der Waals surface area contributed by atoms with Crippen molar-refractivity contribution in [2.45, 2.75) is 38.9 Å². The Labute approximate surface area is 197 Å². The first-order chi connectivity index (χ1) is 16.3. The molecule has 1 aliphatic heterocycles. The van der Waals surface area contributed by atoms with Gasteiger partial charge < -0.3 is 9.31 Å². The molecule has 0 saturated carbocycles. The van der Waals surface area contributed by atoms with Gasteiger partial charge in [0.25, 0.3) is 0 Å². The summed E-state index contributed by atoms with van der Waals surface area (Å²) in [5, 5.41) is 3.30. The number of hydrogen-bond acceptors (Lipinski definition) is 4. The summed E-state index contributed by atoms with van der Waals surface area (Å²) in [6.45, 7) is 8.34. The monoisotopic (exact) mass is 445 g/mol. The summed E-state index contributed by atoms with van der Waals surface area (Å²) < 4.78 is 15.0. The minimum absolute atomic E-state index is 0.392. The molecule has 3 aromatic heterocycles. The fourth-order valence-electron chi connectivity index (χ4n) is 5.01. The molecule has 1 aliphatic rings. The Morgan fingerprint density at radius 1 is 0.706 bits per heavy atom. The van der Waals surface area contributed by atoms with Gasteiger partial charge in [0, 0.05) is 16.2 Å². The molecule has 4 heterocycles. The van der Waals surface area contributed by atoms with Crippen molar-refractivity contribution in [2.75, 3.05) is 0 Å². The van der Waals surface area contributed by atoms with E-state index in [1.54, 1.807) is 0 Å². The fraction of sp³-hybridized carbons (Fsp3) is 0.214. The van der Waals surface area contributed by atoms with Gasteiger partial charge in [0.15, 0.2) is 5.65 Å². The van der Waals surface area contributed by atoms with Crippen LogP contribution in [0.5, 0.6) is 0 Å². The Morgan fingerprint density at radius 3 is 2.21 bits per heavy atom. The second-order valence-electron chi connectivity index (χ2n) is 10.2. The van der Waals surface area contributed by atoms with Gasteiger partial charge in [-0.2, -0.15) is 0 Å². The number of pyridine rings is 2. The van der Waals surface area contributed by atoms with Crippen LogP contribution in [0.3, 0.4) is 0 Å². The first-order valence-electron chi connectivity index (χ1n) is 11.7. The van der Waals surface area contributed by atoms with E-state index in [0.29, 0.717) is 0 Å². The van der Waals surface area contributed by atoms with E-state index < -0.39 is 18.3 Å². The van der Waals surface area contributed by atoms with Crippen LogP contribution in [0.15, 0.2) is 72.8 Å². The predicted octanol–water partition coefficient (Wildman–Crippen LogP) is 5.64. The van der Waals surface area contributed by atoms with Crippen LogP contribution in [0, 0.1) is 0 Å². The van der Waals surface area contributed by atoms with Gasteiger partial charge in [-0.05, 0) is 63.5 Å². The molecule has 6 heteroatoms. The first-order valence-corrected chi connectivity index (χ1v) is 11.7. The van der Waals surface area contributed by atoms with E-state index >= 15 is 0 Å². The lowest BCUT2D eigenvalue weighted by atomic mass is 9.78. The summed E-state index contributed by atoms with van der Waals surface area (Å²) in [5.41, 5.74) is 6.08. The summed E-state index contributed by atoms with van der Waals surface area (Å²) >= 11 is 0. The van der Waals surface area contributed by atoms with Crippen molar-refractivity contribution < 1.29 is 9.31 Å². The smallest absolute Gasteiger partial charge is 0.399 e. The second kappa shape index (κ2) is 6.56. The lowest BCUT2D eigenvalue weighted by Gasteiger charge is -2.32. The molecule has 5 nitrogen and oxygen atoms in total. The second-order valence-corrected chi connectivity index (χ2v) is 10.2. The average Bonchev–Trinajstić information content (AvgIpc) is 3.32. The van der Waals surface area contributed by atoms with E-state index in [0.717, 1.165) is 54.9 Å². The normalized spacial score (nSPS) is 17.6. The Kier molecular flexibility index (Phi) is 3.85. The Balaban J connectivity index is 1.60. The predicted molar refractivity (Wildman–Crippen MR) is 139 cm³/mol. The fourth-order valence-corrected chi connectivity index (χ4v) is 5.01. The lowest BCUT2D eigenvalue weighted by molar-refractivity contribution is 0.00578. The molecule has 0 unspecified atom stereocenters. The maximum absolute atomic E-state index is 6.37. The zero-order valence-electron chi connectivity index (χ0n) is 19.7. The number of aromatic nitrogens is 3. The van der Waals surface area contributed by atoms with E-state index in [1.807, 2.05) is 12.1 Å². The highest BCUT2D eigenvalue weighted by molar-refractivity contribution is 6.62. The minimum atomic E-state index is -0.423. The third-order valence-electron chi connectivity index (χ3n) is 7.57. The summed E-state index contributed by atoms with van der Waals surface area (Å²) in [5.74, 6) is 0. The number of hydrogen-bond donors (Lipinski definition) is 0. The van der Waals surface area contributed by atoms with Gasteiger partial charge in [-0.3, -0.25) is 4.40 Å². The molecular formula is C28H24BN3O2. The average molecular weight is 445 g/mol. The maximum atomic E-state index is 6.37. The molecule has 3 aromatic carbocycles. The van der Waals surface area contributed by atoms with Crippen molar-refractivity contribution >= 4 is 62.0 Å². The highest BCUT2D eigenvalue weighted by atomic mass is 16.7. The van der Waals surface area contributed by atoms with Crippen LogP contribution in [0.4, 0.5) is 0 Å². The van der Waals surface area contributed by atoms with Crippen molar-refractivity contribution in [3.05, 3.63) is 72.8 Å². The summed E-state index contributed by atoms with van der Waals surface area (Å²) in [7, 11) is -0.423. The van der Waals surface area contributed by atoms with Gasteiger partial charge in [0.2, 0.25) is 0 Å². The zero-order chi connectivity index (χ0) is 23.2. The molecule has 34 heavy (non-hydrogen) atoms. The van der Waals surface area contributed by atoms with Gasteiger partial charge in [0.05, 0.1) is 33.3 Å². The number of benzene rings is 3. The largest absolute Gasteiger partial charge is 0.494 e. The molecule has 1 saturated heterocycles. The molecule has 1 fully saturated rings. The van der Waals surface area contributed by atoms with E-state index in [2.05, 4.69) is 92.8 Å². The molecule has 0 bridgehead atoms. The number of imidazole rings is 1. The van der Waals surface area contributed by atoms with Crippen molar-refractivity contribution in [3.63, 3.8) is 0 Å². The topological polar surface area (TPSA) is 48.7 Å². The van der Waals surface area contributed by atoms with Crippen molar-refractivity contribution in [2.24, 2.45) is 0 Å². The molecule has 0 spiro atoms. The molecular weight excluding hydrogens is 421 g/mol. The van der Waals surface area contributed by atoms with Gasteiger partial charge in [-0.15, -0.1) is 0 Å².